The highest BCUT2D eigenvalue weighted by Gasteiger charge is 2.45. The molecule has 1 saturated heterocycles. The lowest BCUT2D eigenvalue weighted by Crippen LogP contribution is -2.36. The largest absolute Gasteiger partial charge is 0.376 e. The molecule has 2 rings (SSSR count). The van der Waals surface area contributed by atoms with Gasteiger partial charge >= 0.3 is 7.60 Å². The Hall–Kier alpha value is -1.01. The third kappa shape index (κ3) is 4.76. The van der Waals surface area contributed by atoms with Crippen LogP contribution in [0.1, 0.15) is 25.5 Å². The smallest absolute Gasteiger partial charge is 0.351 e. The second-order valence-corrected chi connectivity index (χ2v) is 7.66. The van der Waals surface area contributed by atoms with Gasteiger partial charge in [0.1, 0.15) is 24.4 Å². The molecule has 1 aromatic rings. The van der Waals surface area contributed by atoms with E-state index >= 15 is 0 Å². The van der Waals surface area contributed by atoms with E-state index in [1.54, 1.807) is 7.11 Å². The molecule has 0 spiro atoms. The molecule has 0 radical (unpaired) electrons. The van der Waals surface area contributed by atoms with Crippen LogP contribution >= 0.6 is 7.60 Å². The monoisotopic (exact) mass is 356 g/mol. The van der Waals surface area contributed by atoms with Crippen molar-refractivity contribution in [3.63, 3.8) is 0 Å². The molecule has 6 nitrogen and oxygen atoms in total. The van der Waals surface area contributed by atoms with Crippen LogP contribution < -0.4 is 0 Å². The molecule has 0 amide bonds. The minimum Gasteiger partial charge on any atom is -0.376 e. The van der Waals surface area contributed by atoms with Gasteiger partial charge in [0.15, 0.2) is 0 Å². The van der Waals surface area contributed by atoms with Crippen molar-refractivity contribution in [2.45, 2.75) is 44.4 Å². The predicted octanol–water partition coefficient (Wildman–Crippen LogP) is 3.28. The van der Waals surface area contributed by atoms with E-state index in [2.05, 4.69) is 4.52 Å². The quantitative estimate of drug-likeness (QED) is 0.756. The number of hydrogen-bond acceptors (Lipinski definition) is 5. The van der Waals surface area contributed by atoms with Gasteiger partial charge in [-0.2, -0.15) is 0 Å². The van der Waals surface area contributed by atoms with Gasteiger partial charge in [0.2, 0.25) is 0 Å². The third-order valence-corrected chi connectivity index (χ3v) is 4.88. The molecule has 1 unspecified atom stereocenters. The molecule has 1 aliphatic heterocycles. The van der Waals surface area contributed by atoms with Crippen molar-refractivity contribution in [1.82, 2.24) is 0 Å². The first-order chi connectivity index (χ1) is 11.4. The predicted molar refractivity (Wildman–Crippen MR) is 90.8 cm³/mol. The zero-order chi connectivity index (χ0) is 17.7. The SMILES string of the molecule is CO[C@@H]1[C@H](OC(C)C)[C@@H](/C=C/P(=O)(O)OC)O[C@H]1c1ccccc1. The highest BCUT2D eigenvalue weighted by Crippen LogP contribution is 2.44. The molecule has 1 aromatic carbocycles. The fourth-order valence-corrected chi connectivity index (χ4v) is 3.24. The van der Waals surface area contributed by atoms with Crippen LogP contribution in [-0.4, -0.2) is 43.5 Å². The van der Waals surface area contributed by atoms with E-state index in [1.165, 1.54) is 13.2 Å². The van der Waals surface area contributed by atoms with Crippen LogP contribution in [0.3, 0.4) is 0 Å². The van der Waals surface area contributed by atoms with Crippen LogP contribution in [0.4, 0.5) is 0 Å². The first-order valence-electron chi connectivity index (χ1n) is 7.84. The highest BCUT2D eigenvalue weighted by atomic mass is 31.2. The van der Waals surface area contributed by atoms with Crippen molar-refractivity contribution in [1.29, 1.82) is 0 Å². The maximum atomic E-state index is 11.7. The Bertz CT molecular complexity index is 588. The number of hydrogen-bond donors (Lipinski definition) is 1. The van der Waals surface area contributed by atoms with Crippen molar-refractivity contribution in [3.05, 3.63) is 47.8 Å². The zero-order valence-electron chi connectivity index (χ0n) is 14.4. The lowest BCUT2D eigenvalue weighted by molar-refractivity contribution is -0.0694. The molecule has 7 heteroatoms. The van der Waals surface area contributed by atoms with Gasteiger partial charge in [-0.15, -0.1) is 0 Å². The van der Waals surface area contributed by atoms with Crippen LogP contribution in [0.25, 0.3) is 0 Å². The normalized spacial score (nSPS) is 30.1. The Labute approximate surface area is 142 Å². The van der Waals surface area contributed by atoms with Crippen molar-refractivity contribution in [2.75, 3.05) is 14.2 Å². The van der Waals surface area contributed by atoms with Crippen LogP contribution in [0, 0.1) is 0 Å². The van der Waals surface area contributed by atoms with Gasteiger partial charge in [-0.3, -0.25) is 4.57 Å². The van der Waals surface area contributed by atoms with Gasteiger partial charge in [0.25, 0.3) is 0 Å². The summed E-state index contributed by atoms with van der Waals surface area (Å²) in [5.41, 5.74) is 0.969. The van der Waals surface area contributed by atoms with Gasteiger partial charge in [0, 0.05) is 20.0 Å². The van der Waals surface area contributed by atoms with Gasteiger partial charge < -0.3 is 23.6 Å². The Morgan fingerprint density at radius 3 is 2.42 bits per heavy atom. The van der Waals surface area contributed by atoms with Gasteiger partial charge in [-0.25, -0.2) is 0 Å². The Balaban J connectivity index is 2.29. The standard InChI is InChI=1S/C17H25O6P/c1-12(2)22-16-14(10-11-24(18,19)21-4)23-15(17(16)20-3)13-8-6-5-7-9-13/h5-12,14-17H,1-4H3,(H,18,19)/b11-10+/t14-,15+,16-,17+/m1/s1. The average molecular weight is 356 g/mol. The van der Waals surface area contributed by atoms with Gasteiger partial charge in [-0.05, 0) is 25.5 Å². The molecule has 134 valence electrons. The van der Waals surface area contributed by atoms with Crippen LogP contribution in [0.2, 0.25) is 0 Å². The number of ether oxygens (including phenoxy) is 3. The van der Waals surface area contributed by atoms with Crippen molar-refractivity contribution < 1.29 is 28.2 Å². The second kappa shape index (κ2) is 8.39. The maximum Gasteiger partial charge on any atom is 0.351 e. The molecule has 1 aliphatic rings. The molecule has 0 saturated carbocycles. The minimum atomic E-state index is -3.76. The number of benzene rings is 1. The first-order valence-corrected chi connectivity index (χ1v) is 9.49. The Morgan fingerprint density at radius 1 is 1.21 bits per heavy atom. The summed E-state index contributed by atoms with van der Waals surface area (Å²) < 4.78 is 33.9. The minimum absolute atomic E-state index is 0.0370. The van der Waals surface area contributed by atoms with E-state index in [-0.39, 0.29) is 18.3 Å². The summed E-state index contributed by atoms with van der Waals surface area (Å²) in [6, 6.07) is 9.71. The topological polar surface area (TPSA) is 74.2 Å². The Kier molecular flexibility index (Phi) is 6.75. The van der Waals surface area contributed by atoms with E-state index in [0.717, 1.165) is 11.4 Å². The molecule has 1 N–H and O–H groups in total. The van der Waals surface area contributed by atoms with E-state index in [1.807, 2.05) is 44.2 Å². The lowest BCUT2D eigenvalue weighted by atomic mass is 10.0. The summed E-state index contributed by atoms with van der Waals surface area (Å²) in [7, 11) is -0.966. The Morgan fingerprint density at radius 2 is 1.88 bits per heavy atom. The van der Waals surface area contributed by atoms with Crippen LogP contribution in [-0.2, 0) is 23.3 Å². The lowest BCUT2D eigenvalue weighted by Gasteiger charge is -2.24. The zero-order valence-corrected chi connectivity index (χ0v) is 15.3. The van der Waals surface area contributed by atoms with E-state index < -0.39 is 19.8 Å². The van der Waals surface area contributed by atoms with Crippen molar-refractivity contribution >= 4 is 7.60 Å². The van der Waals surface area contributed by atoms with E-state index in [4.69, 9.17) is 14.2 Å². The summed E-state index contributed by atoms with van der Waals surface area (Å²) in [4.78, 5) is 9.58. The molecule has 1 heterocycles. The molecular formula is C17H25O6P. The van der Waals surface area contributed by atoms with Crippen LogP contribution in [0.15, 0.2) is 42.2 Å². The maximum absolute atomic E-state index is 11.7. The van der Waals surface area contributed by atoms with E-state index in [9.17, 15) is 9.46 Å². The summed E-state index contributed by atoms with van der Waals surface area (Å²) in [5, 5.41) is 0. The first kappa shape index (κ1) is 19.3. The highest BCUT2D eigenvalue weighted by molar-refractivity contribution is 7.56. The molecular weight excluding hydrogens is 331 g/mol. The fourth-order valence-electron chi connectivity index (χ4n) is 2.73. The van der Waals surface area contributed by atoms with Gasteiger partial charge in [0.05, 0.1) is 6.10 Å². The molecule has 24 heavy (non-hydrogen) atoms. The number of methoxy groups -OCH3 is 1. The molecule has 0 aromatic heterocycles. The summed E-state index contributed by atoms with van der Waals surface area (Å²) in [6.07, 6.45) is -0.0800. The molecule has 0 bridgehead atoms. The molecule has 5 atom stereocenters. The number of rotatable bonds is 7. The fraction of sp³-hybridized carbons (Fsp3) is 0.529. The summed E-state index contributed by atoms with van der Waals surface area (Å²) in [6.45, 7) is 3.85. The van der Waals surface area contributed by atoms with E-state index in [0.29, 0.717) is 0 Å². The average Bonchev–Trinajstić information content (AvgIpc) is 2.91. The van der Waals surface area contributed by atoms with Crippen molar-refractivity contribution in [2.24, 2.45) is 0 Å². The van der Waals surface area contributed by atoms with Crippen LogP contribution in [0.5, 0.6) is 0 Å². The second-order valence-electron chi connectivity index (χ2n) is 5.87. The summed E-state index contributed by atoms with van der Waals surface area (Å²) >= 11 is 0. The molecule has 0 aliphatic carbocycles. The van der Waals surface area contributed by atoms with Gasteiger partial charge in [-0.1, -0.05) is 30.3 Å². The third-order valence-electron chi connectivity index (χ3n) is 3.81. The molecule has 1 fully saturated rings. The summed E-state index contributed by atoms with van der Waals surface area (Å²) in [5.74, 6) is 1.13. The van der Waals surface area contributed by atoms with Crippen molar-refractivity contribution in [3.8, 4) is 0 Å².